The molecule has 4 heterocycles. The Kier molecular flexibility index (Phi) is 3.27. The van der Waals surface area contributed by atoms with E-state index in [1.165, 1.54) is 11.1 Å². The predicted molar refractivity (Wildman–Crippen MR) is 109 cm³/mol. The Morgan fingerprint density at radius 1 is 1.07 bits per heavy atom. The highest BCUT2D eigenvalue weighted by atomic mass is 32.2. The summed E-state index contributed by atoms with van der Waals surface area (Å²) in [4.78, 5) is 15.9. The maximum atomic E-state index is 13.8. The van der Waals surface area contributed by atoms with Crippen molar-refractivity contribution < 1.29 is 9.53 Å². The predicted octanol–water partition coefficient (Wildman–Crippen LogP) is 4.75. The fraction of sp³-hybridized carbons (Fsp3) is 0.409. The molecule has 0 radical (unpaired) electrons. The molecule has 5 heteroatoms. The second kappa shape index (κ2) is 5.34. The fourth-order valence-corrected chi connectivity index (χ4v) is 9.49. The molecule has 0 N–H and O–H groups in total. The van der Waals surface area contributed by atoms with E-state index in [1.807, 2.05) is 41.7 Å². The Morgan fingerprint density at radius 2 is 1.81 bits per heavy atom. The van der Waals surface area contributed by atoms with Crippen LogP contribution in [0.1, 0.15) is 42.7 Å². The molecular weight excluding hydrogens is 374 g/mol. The molecular formula is C22H21NO2S2. The highest BCUT2D eigenvalue weighted by molar-refractivity contribution is 8.19. The van der Waals surface area contributed by atoms with Crippen molar-refractivity contribution in [1.29, 1.82) is 0 Å². The lowest BCUT2D eigenvalue weighted by molar-refractivity contribution is -0.192. The van der Waals surface area contributed by atoms with Crippen LogP contribution in [0.4, 0.5) is 0 Å². The van der Waals surface area contributed by atoms with E-state index >= 15 is 0 Å². The van der Waals surface area contributed by atoms with Crippen LogP contribution in [0.5, 0.6) is 0 Å². The van der Waals surface area contributed by atoms with Crippen molar-refractivity contribution in [1.82, 2.24) is 4.90 Å². The van der Waals surface area contributed by atoms with E-state index in [9.17, 15) is 4.79 Å². The molecule has 2 aromatic carbocycles. The van der Waals surface area contributed by atoms with Gasteiger partial charge in [-0.3, -0.25) is 9.69 Å². The number of thioether (sulfide) groups is 2. The van der Waals surface area contributed by atoms with Crippen LogP contribution >= 0.6 is 23.5 Å². The normalized spacial score (nSPS) is 37.9. The SMILES string of the molecule is CC1(C)SC23OC(c4ccccc4)C1C(=O)N2C1c2ccccc2CC1S3. The monoisotopic (exact) mass is 395 g/mol. The van der Waals surface area contributed by atoms with Crippen LogP contribution in [0.2, 0.25) is 0 Å². The lowest BCUT2D eigenvalue weighted by atomic mass is 9.82. The summed E-state index contributed by atoms with van der Waals surface area (Å²) in [6.07, 6.45) is 0.843. The topological polar surface area (TPSA) is 29.5 Å². The number of carbonyl (C=O) groups is 1. The van der Waals surface area contributed by atoms with E-state index in [2.05, 4.69) is 55.1 Å². The van der Waals surface area contributed by atoms with Crippen molar-refractivity contribution in [2.45, 2.75) is 46.8 Å². The van der Waals surface area contributed by atoms with Gasteiger partial charge in [0.15, 0.2) is 0 Å². The molecule has 1 spiro atoms. The van der Waals surface area contributed by atoms with Gasteiger partial charge in [-0.2, -0.15) is 0 Å². The van der Waals surface area contributed by atoms with Gasteiger partial charge in [0.1, 0.15) is 6.10 Å². The van der Waals surface area contributed by atoms with Crippen LogP contribution in [0.25, 0.3) is 0 Å². The van der Waals surface area contributed by atoms with Gasteiger partial charge in [-0.05, 0) is 37.0 Å². The molecule has 4 fully saturated rings. The van der Waals surface area contributed by atoms with Crippen LogP contribution in [0.15, 0.2) is 54.6 Å². The zero-order chi connectivity index (χ0) is 18.4. The number of hydrogen-bond donors (Lipinski definition) is 0. The third kappa shape index (κ3) is 2.08. The van der Waals surface area contributed by atoms with Gasteiger partial charge in [-0.15, -0.1) is 0 Å². The molecule has 0 aromatic heterocycles. The third-order valence-corrected chi connectivity index (χ3v) is 9.56. The molecule has 2 bridgehead atoms. The average molecular weight is 396 g/mol. The van der Waals surface area contributed by atoms with Crippen LogP contribution in [-0.4, -0.2) is 25.2 Å². The highest BCUT2D eigenvalue weighted by Gasteiger charge is 2.71. The van der Waals surface area contributed by atoms with E-state index in [1.54, 1.807) is 0 Å². The zero-order valence-corrected chi connectivity index (χ0v) is 16.9. The molecule has 3 nitrogen and oxygen atoms in total. The van der Waals surface area contributed by atoms with Gasteiger partial charge >= 0.3 is 0 Å². The molecule has 7 rings (SSSR count). The minimum absolute atomic E-state index is 0.140. The van der Waals surface area contributed by atoms with E-state index in [0.29, 0.717) is 5.25 Å². The molecule has 5 unspecified atom stereocenters. The number of benzene rings is 2. The first-order chi connectivity index (χ1) is 13.0. The van der Waals surface area contributed by atoms with Crippen LogP contribution in [0, 0.1) is 5.92 Å². The fourth-order valence-electron chi connectivity index (χ4n) is 5.29. The second-order valence-electron chi connectivity index (χ2n) is 8.37. The Bertz CT molecular complexity index is 946. The lowest BCUT2D eigenvalue weighted by Crippen LogP contribution is -2.66. The second-order valence-corrected chi connectivity index (χ2v) is 11.8. The van der Waals surface area contributed by atoms with Crippen molar-refractivity contribution in [2.24, 2.45) is 5.92 Å². The maximum Gasteiger partial charge on any atom is 0.244 e. The van der Waals surface area contributed by atoms with Crippen molar-refractivity contribution >= 4 is 29.4 Å². The average Bonchev–Trinajstić information content (AvgIpc) is 3.13. The summed E-state index contributed by atoms with van der Waals surface area (Å²) >= 11 is 3.69. The number of amides is 1. The Morgan fingerprint density at radius 3 is 2.63 bits per heavy atom. The van der Waals surface area contributed by atoms with Crippen molar-refractivity contribution in [3.05, 3.63) is 71.3 Å². The number of carbonyl (C=O) groups excluding carboxylic acids is 1. The van der Waals surface area contributed by atoms with E-state index in [-0.39, 0.29) is 28.7 Å². The number of hydrogen-bond acceptors (Lipinski definition) is 4. The first kappa shape index (κ1) is 16.5. The highest BCUT2D eigenvalue weighted by Crippen LogP contribution is 2.72. The van der Waals surface area contributed by atoms with Crippen molar-refractivity contribution in [3.8, 4) is 0 Å². The van der Waals surface area contributed by atoms with Gasteiger partial charge < -0.3 is 4.74 Å². The molecule has 27 heavy (non-hydrogen) atoms. The maximum absolute atomic E-state index is 13.8. The van der Waals surface area contributed by atoms with E-state index < -0.39 is 4.39 Å². The Balaban J connectivity index is 1.48. The Hall–Kier alpha value is -1.43. The van der Waals surface area contributed by atoms with Gasteiger partial charge in [0.05, 0.1) is 12.0 Å². The quantitative estimate of drug-likeness (QED) is 0.697. The molecule has 0 saturated carbocycles. The molecule has 5 atom stereocenters. The number of nitrogens with zero attached hydrogens (tertiary/aromatic N) is 1. The van der Waals surface area contributed by atoms with Gasteiger partial charge in [-0.1, -0.05) is 78.1 Å². The van der Waals surface area contributed by atoms with Crippen molar-refractivity contribution in [3.63, 3.8) is 0 Å². The minimum Gasteiger partial charge on any atom is -0.329 e. The van der Waals surface area contributed by atoms with Gasteiger partial charge in [-0.25, -0.2) is 0 Å². The first-order valence-corrected chi connectivity index (χ1v) is 11.2. The molecule has 1 aliphatic carbocycles. The molecule has 1 amide bonds. The van der Waals surface area contributed by atoms with Gasteiger partial charge in [0, 0.05) is 10.00 Å². The summed E-state index contributed by atoms with van der Waals surface area (Å²) in [5.41, 5.74) is 3.81. The number of ether oxygens (including phenoxy) is 1. The summed E-state index contributed by atoms with van der Waals surface area (Å²) in [5.74, 6) is 0.0921. The van der Waals surface area contributed by atoms with Gasteiger partial charge in [0.25, 0.3) is 0 Å². The summed E-state index contributed by atoms with van der Waals surface area (Å²) in [7, 11) is 0. The number of rotatable bonds is 1. The molecule has 4 aliphatic heterocycles. The summed E-state index contributed by atoms with van der Waals surface area (Å²) in [5, 5.41) is 0.378. The molecule has 4 saturated heterocycles. The third-order valence-electron chi connectivity index (χ3n) is 6.37. The van der Waals surface area contributed by atoms with E-state index in [4.69, 9.17) is 4.74 Å². The summed E-state index contributed by atoms with van der Waals surface area (Å²) in [6, 6.07) is 19.0. The van der Waals surface area contributed by atoms with Crippen molar-refractivity contribution in [2.75, 3.05) is 0 Å². The Labute approximate surface area is 167 Å². The smallest absolute Gasteiger partial charge is 0.244 e. The van der Waals surface area contributed by atoms with Gasteiger partial charge in [0.2, 0.25) is 10.3 Å². The largest absolute Gasteiger partial charge is 0.329 e. The van der Waals surface area contributed by atoms with Crippen LogP contribution in [0.3, 0.4) is 0 Å². The zero-order valence-electron chi connectivity index (χ0n) is 15.3. The van der Waals surface area contributed by atoms with E-state index in [0.717, 1.165) is 12.0 Å². The number of fused-ring (bicyclic) bond motifs is 5. The molecule has 5 aliphatic rings. The summed E-state index contributed by atoms with van der Waals surface area (Å²) in [6.45, 7) is 4.42. The molecule has 138 valence electrons. The van der Waals surface area contributed by atoms with Crippen LogP contribution in [-0.2, 0) is 16.0 Å². The first-order valence-electron chi connectivity index (χ1n) is 9.52. The van der Waals surface area contributed by atoms with Crippen LogP contribution < -0.4 is 0 Å². The molecule has 2 aromatic rings. The minimum atomic E-state index is -0.612. The lowest BCUT2D eigenvalue weighted by Gasteiger charge is -2.59. The standard InChI is InChI=1S/C22H21NO2S2/c1-21(2)17-19(13-8-4-3-5-9-13)25-22(27-21)23(20(17)24)18-15-11-7-6-10-14(15)12-16(18)26-22/h3-11,16-19H,12H2,1-2H3. The summed E-state index contributed by atoms with van der Waals surface area (Å²) < 4.78 is 6.00.